The fraction of sp³-hybridized carbons (Fsp3) is 0. The summed E-state index contributed by atoms with van der Waals surface area (Å²) < 4.78 is 0. The third-order valence-electron chi connectivity index (χ3n) is 2.13. The van der Waals surface area contributed by atoms with E-state index in [-0.39, 0.29) is 11.2 Å². The topological polar surface area (TPSA) is 58.9 Å². The summed E-state index contributed by atoms with van der Waals surface area (Å²) in [6.07, 6.45) is 1.57. The van der Waals surface area contributed by atoms with Crippen LogP contribution in [0.5, 0.6) is 0 Å². The number of aromatic nitrogens is 1. The molecule has 0 atom stereocenters. The van der Waals surface area contributed by atoms with Crippen LogP contribution < -0.4 is 11.3 Å². The van der Waals surface area contributed by atoms with E-state index in [4.69, 9.17) is 28.9 Å². The first-order chi connectivity index (χ1) is 7.56. The van der Waals surface area contributed by atoms with Crippen LogP contribution in [0.3, 0.4) is 0 Å². The fourth-order valence-electron chi connectivity index (χ4n) is 1.39. The number of anilines is 1. The summed E-state index contributed by atoms with van der Waals surface area (Å²) in [5.74, 6) is 0. The van der Waals surface area contributed by atoms with Gasteiger partial charge >= 0.3 is 0 Å². The van der Waals surface area contributed by atoms with E-state index in [0.29, 0.717) is 10.0 Å². The maximum Gasteiger partial charge on any atom is 0.271 e. The smallest absolute Gasteiger partial charge is 0.271 e. The van der Waals surface area contributed by atoms with Gasteiger partial charge in [0.05, 0.1) is 5.69 Å². The number of rotatable bonds is 1. The van der Waals surface area contributed by atoms with Gasteiger partial charge in [-0.25, -0.2) is 0 Å². The third-order valence-corrected chi connectivity index (χ3v) is 2.56. The molecule has 0 saturated carbocycles. The highest BCUT2D eigenvalue weighted by molar-refractivity contribution is 6.35. The van der Waals surface area contributed by atoms with Gasteiger partial charge in [0, 0.05) is 21.8 Å². The van der Waals surface area contributed by atoms with E-state index in [1.54, 1.807) is 30.5 Å². The van der Waals surface area contributed by atoms with Gasteiger partial charge in [-0.15, -0.1) is 0 Å². The van der Waals surface area contributed by atoms with Crippen molar-refractivity contribution in [2.45, 2.75) is 0 Å². The Bertz CT molecular complexity index is 573. The Hall–Kier alpha value is -1.45. The van der Waals surface area contributed by atoms with Crippen LogP contribution in [0.4, 0.5) is 5.69 Å². The van der Waals surface area contributed by atoms with Crippen molar-refractivity contribution in [3.8, 4) is 11.1 Å². The molecule has 2 aromatic rings. The lowest BCUT2D eigenvalue weighted by Crippen LogP contribution is -2.10. The minimum atomic E-state index is -0.308. The van der Waals surface area contributed by atoms with E-state index in [0.717, 1.165) is 11.1 Å². The lowest BCUT2D eigenvalue weighted by Gasteiger charge is -2.04. The number of nitrogens with two attached hydrogens (primary N) is 1. The molecule has 0 fully saturated rings. The van der Waals surface area contributed by atoms with Crippen molar-refractivity contribution in [1.29, 1.82) is 0 Å². The van der Waals surface area contributed by atoms with Crippen molar-refractivity contribution < 1.29 is 0 Å². The van der Waals surface area contributed by atoms with E-state index in [9.17, 15) is 4.79 Å². The minimum absolute atomic E-state index is 0.161. The standard InChI is InChI=1S/C11H8Cl2N2O/c12-8-1-6(2-9(13)4-8)7-3-10(14)11(16)15-5-7/h1-5H,14H2,(H,15,16). The highest BCUT2D eigenvalue weighted by Crippen LogP contribution is 2.26. The number of halogens is 2. The first-order valence-electron chi connectivity index (χ1n) is 4.51. The summed E-state index contributed by atoms with van der Waals surface area (Å²) in [4.78, 5) is 13.6. The average Bonchev–Trinajstić information content (AvgIpc) is 2.20. The van der Waals surface area contributed by atoms with Crippen LogP contribution in [0.1, 0.15) is 0 Å². The molecular formula is C11H8Cl2N2O. The van der Waals surface area contributed by atoms with Crippen LogP contribution in [-0.4, -0.2) is 4.98 Å². The molecule has 0 radical (unpaired) electrons. The Morgan fingerprint density at radius 1 is 1.00 bits per heavy atom. The fourth-order valence-corrected chi connectivity index (χ4v) is 1.91. The molecule has 0 aliphatic heterocycles. The van der Waals surface area contributed by atoms with E-state index in [1.165, 1.54) is 0 Å². The second-order valence-corrected chi connectivity index (χ2v) is 4.20. The molecule has 82 valence electrons. The van der Waals surface area contributed by atoms with Crippen molar-refractivity contribution in [2.24, 2.45) is 0 Å². The summed E-state index contributed by atoms with van der Waals surface area (Å²) in [6, 6.07) is 6.73. The Labute approximate surface area is 102 Å². The largest absolute Gasteiger partial charge is 0.394 e. The van der Waals surface area contributed by atoms with Crippen molar-refractivity contribution in [3.63, 3.8) is 0 Å². The summed E-state index contributed by atoms with van der Waals surface area (Å²) in [7, 11) is 0. The zero-order valence-electron chi connectivity index (χ0n) is 8.13. The number of H-pyrrole nitrogens is 1. The molecule has 2 rings (SSSR count). The molecule has 5 heteroatoms. The summed E-state index contributed by atoms with van der Waals surface area (Å²) >= 11 is 11.8. The van der Waals surface area contributed by atoms with E-state index in [2.05, 4.69) is 4.98 Å². The molecule has 0 aliphatic carbocycles. The Kier molecular flexibility index (Phi) is 2.90. The molecule has 0 unspecified atom stereocenters. The van der Waals surface area contributed by atoms with Gasteiger partial charge in [0.25, 0.3) is 5.56 Å². The summed E-state index contributed by atoms with van der Waals surface area (Å²) in [5, 5.41) is 1.07. The maximum atomic E-state index is 11.1. The molecule has 16 heavy (non-hydrogen) atoms. The second kappa shape index (κ2) is 4.20. The number of nitrogen functional groups attached to an aromatic ring is 1. The predicted octanol–water partition coefficient (Wildman–Crippen LogP) is 2.93. The molecule has 3 nitrogen and oxygen atoms in total. The van der Waals surface area contributed by atoms with Crippen molar-refractivity contribution in [2.75, 3.05) is 5.73 Å². The predicted molar refractivity (Wildman–Crippen MR) is 66.9 cm³/mol. The quantitative estimate of drug-likeness (QED) is 0.822. The number of aromatic amines is 1. The molecule has 0 amide bonds. The molecule has 0 spiro atoms. The zero-order valence-corrected chi connectivity index (χ0v) is 9.64. The van der Waals surface area contributed by atoms with Crippen LogP contribution in [0.25, 0.3) is 11.1 Å². The highest BCUT2D eigenvalue weighted by Gasteiger charge is 2.03. The van der Waals surface area contributed by atoms with Gasteiger partial charge in [-0.3, -0.25) is 4.79 Å². The SMILES string of the molecule is Nc1cc(-c2cc(Cl)cc(Cl)c2)c[nH]c1=O. The van der Waals surface area contributed by atoms with Crippen LogP contribution >= 0.6 is 23.2 Å². The normalized spacial score (nSPS) is 10.4. The number of benzene rings is 1. The van der Waals surface area contributed by atoms with Crippen LogP contribution in [0, 0.1) is 0 Å². The van der Waals surface area contributed by atoms with E-state index < -0.39 is 0 Å². The molecule has 0 aliphatic rings. The number of hydrogen-bond acceptors (Lipinski definition) is 2. The number of hydrogen-bond donors (Lipinski definition) is 2. The van der Waals surface area contributed by atoms with Gasteiger partial charge in [0.2, 0.25) is 0 Å². The first kappa shape index (κ1) is 11.0. The Balaban J connectivity index is 2.58. The van der Waals surface area contributed by atoms with Gasteiger partial charge in [0.15, 0.2) is 0 Å². The monoisotopic (exact) mass is 254 g/mol. The lowest BCUT2D eigenvalue weighted by molar-refractivity contribution is 1.25. The molecular weight excluding hydrogens is 247 g/mol. The molecule has 3 N–H and O–H groups in total. The van der Waals surface area contributed by atoms with Crippen LogP contribution in [-0.2, 0) is 0 Å². The van der Waals surface area contributed by atoms with E-state index in [1.807, 2.05) is 0 Å². The Morgan fingerprint density at radius 2 is 1.62 bits per heavy atom. The first-order valence-corrected chi connectivity index (χ1v) is 5.26. The number of nitrogens with one attached hydrogen (secondary N) is 1. The zero-order chi connectivity index (χ0) is 11.7. The van der Waals surface area contributed by atoms with Crippen LogP contribution in [0.15, 0.2) is 35.3 Å². The molecule has 0 bridgehead atoms. The van der Waals surface area contributed by atoms with Crippen LogP contribution in [0.2, 0.25) is 10.0 Å². The lowest BCUT2D eigenvalue weighted by atomic mass is 10.1. The average molecular weight is 255 g/mol. The van der Waals surface area contributed by atoms with Crippen molar-refractivity contribution in [1.82, 2.24) is 4.98 Å². The molecule has 1 aromatic heterocycles. The number of pyridine rings is 1. The van der Waals surface area contributed by atoms with Gasteiger partial charge in [0.1, 0.15) is 0 Å². The van der Waals surface area contributed by atoms with Gasteiger partial charge in [-0.1, -0.05) is 23.2 Å². The van der Waals surface area contributed by atoms with Gasteiger partial charge in [-0.2, -0.15) is 0 Å². The second-order valence-electron chi connectivity index (χ2n) is 3.33. The van der Waals surface area contributed by atoms with Crippen molar-refractivity contribution >= 4 is 28.9 Å². The van der Waals surface area contributed by atoms with Gasteiger partial charge < -0.3 is 10.7 Å². The highest BCUT2D eigenvalue weighted by atomic mass is 35.5. The molecule has 0 saturated heterocycles. The van der Waals surface area contributed by atoms with Crippen molar-refractivity contribution in [3.05, 3.63) is 50.9 Å². The molecule has 1 aromatic carbocycles. The van der Waals surface area contributed by atoms with E-state index >= 15 is 0 Å². The molecule has 1 heterocycles. The third kappa shape index (κ3) is 2.21. The summed E-state index contributed by atoms with van der Waals surface area (Å²) in [5.41, 5.74) is 6.95. The van der Waals surface area contributed by atoms with Gasteiger partial charge in [-0.05, 0) is 29.8 Å². The maximum absolute atomic E-state index is 11.1. The summed E-state index contributed by atoms with van der Waals surface area (Å²) in [6.45, 7) is 0. The minimum Gasteiger partial charge on any atom is -0.394 e. The Morgan fingerprint density at radius 3 is 2.19 bits per heavy atom.